The zero-order valence-corrected chi connectivity index (χ0v) is 14.2. The molecular weight excluding hydrogens is 349 g/mol. The van der Waals surface area contributed by atoms with E-state index in [0.29, 0.717) is 38.9 Å². The van der Waals surface area contributed by atoms with Gasteiger partial charge in [-0.15, -0.1) is 0 Å². The third-order valence-corrected chi connectivity index (χ3v) is 4.34. The van der Waals surface area contributed by atoms with Crippen molar-refractivity contribution in [1.82, 2.24) is 19.6 Å². The molecule has 26 heavy (non-hydrogen) atoms. The van der Waals surface area contributed by atoms with Crippen LogP contribution in [-0.4, -0.2) is 58.9 Å². The van der Waals surface area contributed by atoms with E-state index in [1.54, 1.807) is 7.11 Å². The van der Waals surface area contributed by atoms with E-state index in [-0.39, 0.29) is 0 Å². The summed E-state index contributed by atoms with van der Waals surface area (Å²) in [5.41, 5.74) is 0.123. The maximum atomic E-state index is 12.6. The van der Waals surface area contributed by atoms with Crippen LogP contribution in [0.4, 0.5) is 18.0 Å². The van der Waals surface area contributed by atoms with Gasteiger partial charge >= 0.3 is 12.2 Å². The first-order valence-corrected chi connectivity index (χ1v) is 8.14. The van der Waals surface area contributed by atoms with Crippen LogP contribution in [0.3, 0.4) is 0 Å². The molecule has 0 bridgehead atoms. The summed E-state index contributed by atoms with van der Waals surface area (Å²) in [7, 11) is 1.62. The van der Waals surface area contributed by atoms with Crippen LogP contribution < -0.4 is 4.74 Å². The lowest BCUT2D eigenvalue weighted by Crippen LogP contribution is -2.49. The van der Waals surface area contributed by atoms with E-state index >= 15 is 0 Å². The van der Waals surface area contributed by atoms with Crippen LogP contribution in [0.2, 0.25) is 0 Å². The average Bonchev–Trinajstić information content (AvgIpc) is 3.13. The summed E-state index contributed by atoms with van der Waals surface area (Å²) in [5, 5.41) is 3.54. The SMILES string of the molecule is COc1ccccc1CN1CCN(C(=O)n2cc(C(F)(F)F)cn2)CC1. The highest BCUT2D eigenvalue weighted by Crippen LogP contribution is 2.28. The molecule has 9 heteroatoms. The minimum absolute atomic E-state index is 0.426. The highest BCUT2D eigenvalue weighted by Gasteiger charge is 2.33. The summed E-state index contributed by atoms with van der Waals surface area (Å²) in [6.07, 6.45) is -3.12. The van der Waals surface area contributed by atoms with Gasteiger partial charge in [0.05, 0.1) is 18.9 Å². The summed E-state index contributed by atoms with van der Waals surface area (Å²) in [5.74, 6) is 0.808. The number of piperazine rings is 1. The molecule has 1 fully saturated rings. The number of aromatic nitrogens is 2. The summed E-state index contributed by atoms with van der Waals surface area (Å²) in [4.78, 5) is 16.0. The fourth-order valence-electron chi connectivity index (χ4n) is 2.89. The topological polar surface area (TPSA) is 50.6 Å². The summed E-state index contributed by atoms with van der Waals surface area (Å²) in [6.45, 7) is 2.78. The first kappa shape index (κ1) is 18.2. The van der Waals surface area contributed by atoms with Crippen molar-refractivity contribution in [2.24, 2.45) is 0 Å². The van der Waals surface area contributed by atoms with Gasteiger partial charge in [0.1, 0.15) is 5.75 Å². The monoisotopic (exact) mass is 368 g/mol. The molecule has 0 unspecified atom stereocenters. The zero-order valence-electron chi connectivity index (χ0n) is 14.2. The number of halogens is 3. The molecule has 0 aliphatic carbocycles. The van der Waals surface area contributed by atoms with Gasteiger partial charge in [-0.05, 0) is 6.07 Å². The Morgan fingerprint density at radius 3 is 2.50 bits per heavy atom. The van der Waals surface area contributed by atoms with Crippen LogP contribution in [0.15, 0.2) is 36.7 Å². The molecule has 0 saturated carbocycles. The first-order chi connectivity index (χ1) is 12.4. The van der Waals surface area contributed by atoms with E-state index in [9.17, 15) is 18.0 Å². The number of carbonyl (C=O) groups is 1. The van der Waals surface area contributed by atoms with Crippen LogP contribution in [0.5, 0.6) is 5.75 Å². The second-order valence-corrected chi connectivity index (χ2v) is 6.03. The van der Waals surface area contributed by atoms with Gasteiger partial charge in [-0.2, -0.15) is 23.0 Å². The fraction of sp³-hybridized carbons (Fsp3) is 0.412. The highest BCUT2D eigenvalue weighted by molar-refractivity contribution is 5.76. The molecule has 0 atom stereocenters. The molecule has 1 aliphatic heterocycles. The van der Waals surface area contributed by atoms with E-state index in [1.165, 1.54) is 4.90 Å². The van der Waals surface area contributed by atoms with Gasteiger partial charge in [0, 0.05) is 44.5 Å². The normalized spacial score (nSPS) is 15.9. The largest absolute Gasteiger partial charge is 0.496 e. The molecular formula is C17H19F3N4O2. The van der Waals surface area contributed by atoms with Gasteiger partial charge < -0.3 is 9.64 Å². The lowest BCUT2D eigenvalue weighted by molar-refractivity contribution is -0.137. The molecule has 2 heterocycles. The number of ether oxygens (including phenoxy) is 1. The predicted molar refractivity (Wildman–Crippen MR) is 87.9 cm³/mol. The number of hydrogen-bond acceptors (Lipinski definition) is 4. The Hall–Kier alpha value is -2.55. The molecule has 0 spiro atoms. The van der Waals surface area contributed by atoms with Gasteiger partial charge in [-0.3, -0.25) is 4.90 Å². The Kier molecular flexibility index (Phi) is 5.17. The standard InChI is InChI=1S/C17H19F3N4O2/c1-26-15-5-3-2-4-13(15)11-22-6-8-23(9-7-22)16(25)24-12-14(10-21-24)17(18,19)20/h2-5,10,12H,6-9,11H2,1H3. The average molecular weight is 368 g/mol. The number of benzene rings is 1. The van der Waals surface area contributed by atoms with Gasteiger partial charge in [-0.1, -0.05) is 18.2 Å². The Morgan fingerprint density at radius 2 is 1.88 bits per heavy atom. The third-order valence-electron chi connectivity index (χ3n) is 4.34. The van der Waals surface area contributed by atoms with Crippen molar-refractivity contribution >= 4 is 6.03 Å². The molecule has 3 rings (SSSR count). The van der Waals surface area contributed by atoms with Crippen molar-refractivity contribution in [2.45, 2.75) is 12.7 Å². The Bertz CT molecular complexity index is 767. The van der Waals surface area contributed by atoms with Crippen LogP contribution in [0, 0.1) is 0 Å². The molecule has 1 aromatic carbocycles. The summed E-state index contributed by atoms with van der Waals surface area (Å²) in [6, 6.07) is 7.17. The zero-order chi connectivity index (χ0) is 18.7. The van der Waals surface area contributed by atoms with Crippen LogP contribution in [0.1, 0.15) is 11.1 Å². The predicted octanol–water partition coefficient (Wildman–Crippen LogP) is 2.70. The Labute approximate surface area is 148 Å². The van der Waals surface area contributed by atoms with Crippen molar-refractivity contribution < 1.29 is 22.7 Å². The number of alkyl halides is 3. The van der Waals surface area contributed by atoms with E-state index < -0.39 is 17.8 Å². The van der Waals surface area contributed by atoms with Crippen LogP contribution in [-0.2, 0) is 12.7 Å². The van der Waals surface area contributed by atoms with Crippen molar-refractivity contribution in [2.75, 3.05) is 33.3 Å². The second-order valence-electron chi connectivity index (χ2n) is 6.03. The molecule has 0 radical (unpaired) electrons. The van der Waals surface area contributed by atoms with Crippen LogP contribution >= 0.6 is 0 Å². The molecule has 1 amide bonds. The molecule has 1 aromatic heterocycles. The van der Waals surface area contributed by atoms with Crippen LogP contribution in [0.25, 0.3) is 0 Å². The van der Waals surface area contributed by atoms with Gasteiger partial charge in [0.2, 0.25) is 0 Å². The number of methoxy groups -OCH3 is 1. The first-order valence-electron chi connectivity index (χ1n) is 8.14. The Balaban J connectivity index is 1.58. The summed E-state index contributed by atoms with van der Waals surface area (Å²) < 4.78 is 44.0. The number of rotatable bonds is 3. The molecule has 2 aromatic rings. The van der Waals surface area contributed by atoms with Crippen molar-refractivity contribution in [3.63, 3.8) is 0 Å². The quantitative estimate of drug-likeness (QED) is 0.836. The lowest BCUT2D eigenvalue weighted by atomic mass is 10.1. The molecule has 0 N–H and O–H groups in total. The number of para-hydroxylation sites is 1. The van der Waals surface area contributed by atoms with Gasteiger partial charge in [0.15, 0.2) is 0 Å². The maximum absolute atomic E-state index is 12.6. The van der Waals surface area contributed by atoms with E-state index in [2.05, 4.69) is 10.00 Å². The fourth-order valence-corrected chi connectivity index (χ4v) is 2.89. The number of hydrogen-bond donors (Lipinski definition) is 0. The summed E-state index contributed by atoms with van der Waals surface area (Å²) >= 11 is 0. The van der Waals surface area contributed by atoms with E-state index in [1.807, 2.05) is 24.3 Å². The smallest absolute Gasteiger partial charge is 0.419 e. The highest BCUT2D eigenvalue weighted by atomic mass is 19.4. The third kappa shape index (κ3) is 3.98. The second kappa shape index (κ2) is 7.36. The number of nitrogens with zero attached hydrogens (tertiary/aromatic N) is 4. The molecule has 6 nitrogen and oxygen atoms in total. The number of amides is 1. The van der Waals surface area contributed by atoms with Crippen molar-refractivity contribution in [3.05, 3.63) is 47.8 Å². The maximum Gasteiger partial charge on any atom is 0.419 e. The van der Waals surface area contributed by atoms with Crippen molar-refractivity contribution in [3.8, 4) is 5.75 Å². The van der Waals surface area contributed by atoms with Crippen molar-refractivity contribution in [1.29, 1.82) is 0 Å². The molecule has 1 saturated heterocycles. The molecule has 140 valence electrons. The molecule has 1 aliphatic rings. The van der Waals surface area contributed by atoms with E-state index in [4.69, 9.17) is 4.74 Å². The lowest BCUT2D eigenvalue weighted by Gasteiger charge is -2.34. The van der Waals surface area contributed by atoms with E-state index in [0.717, 1.165) is 22.2 Å². The minimum atomic E-state index is -4.51. The van der Waals surface area contributed by atoms with Gasteiger partial charge in [0.25, 0.3) is 0 Å². The van der Waals surface area contributed by atoms with Gasteiger partial charge in [-0.25, -0.2) is 4.79 Å². The minimum Gasteiger partial charge on any atom is -0.496 e. The number of carbonyl (C=O) groups excluding carboxylic acids is 1. The Morgan fingerprint density at radius 1 is 1.19 bits per heavy atom.